The largest absolute Gasteiger partial charge is 0.337 e. The molecule has 4 rings (SSSR count). The normalized spacial score (nSPS) is 19.2. The van der Waals surface area contributed by atoms with E-state index in [1.165, 1.54) is 19.3 Å². The van der Waals surface area contributed by atoms with Crippen molar-refractivity contribution in [3.63, 3.8) is 0 Å². The average Bonchev–Trinajstić information content (AvgIpc) is 2.79. The van der Waals surface area contributed by atoms with Gasteiger partial charge in [-0.05, 0) is 63.4 Å². The molecule has 2 aromatic rings. The minimum atomic E-state index is 0.153. The number of nitrogens with zero attached hydrogens (tertiary/aromatic N) is 4. The number of carbonyl (C=O) groups is 1. The lowest BCUT2D eigenvalue weighted by Crippen LogP contribution is -2.42. The molecule has 0 spiro atoms. The van der Waals surface area contributed by atoms with E-state index in [-0.39, 0.29) is 5.91 Å². The third kappa shape index (κ3) is 3.40. The minimum absolute atomic E-state index is 0.153. The summed E-state index contributed by atoms with van der Waals surface area (Å²) in [6, 6.07) is 10.7. The van der Waals surface area contributed by atoms with Crippen LogP contribution >= 0.6 is 0 Å². The van der Waals surface area contributed by atoms with Gasteiger partial charge in [0.05, 0.1) is 11.4 Å². The van der Waals surface area contributed by atoms with Crippen molar-refractivity contribution in [3.05, 3.63) is 47.3 Å². The number of aryl methyl sites for hydroxylation is 2. The molecule has 0 bridgehead atoms. The van der Waals surface area contributed by atoms with Gasteiger partial charge in [0.25, 0.3) is 5.91 Å². The first-order chi connectivity index (χ1) is 12.6. The van der Waals surface area contributed by atoms with Crippen molar-refractivity contribution in [1.29, 1.82) is 0 Å². The summed E-state index contributed by atoms with van der Waals surface area (Å²) in [4.78, 5) is 17.5. The Hall–Kier alpha value is -2.14. The zero-order valence-electron chi connectivity index (χ0n) is 15.8. The summed E-state index contributed by atoms with van der Waals surface area (Å²) < 4.78 is 1.92. The number of hydrogen-bond acceptors (Lipinski definition) is 3. The molecule has 0 unspecified atom stereocenters. The van der Waals surface area contributed by atoms with E-state index in [1.54, 1.807) is 0 Å². The standard InChI is InChI=1S/C21H28N4O/c1-16-15-17(2)25(22-16)20-9-7-18(8-10-20)21(26)24-12-4-11-23(13-14-24)19-5-3-6-19/h7-10,15,19H,3-6,11-14H2,1-2H3. The molecule has 26 heavy (non-hydrogen) atoms. The van der Waals surface area contributed by atoms with Gasteiger partial charge in [0.15, 0.2) is 0 Å². The van der Waals surface area contributed by atoms with Crippen LogP contribution in [0.5, 0.6) is 0 Å². The molecule has 1 saturated carbocycles. The van der Waals surface area contributed by atoms with Gasteiger partial charge in [-0.3, -0.25) is 9.69 Å². The van der Waals surface area contributed by atoms with E-state index in [2.05, 4.69) is 16.1 Å². The molecule has 2 heterocycles. The van der Waals surface area contributed by atoms with E-state index in [0.29, 0.717) is 0 Å². The van der Waals surface area contributed by atoms with Crippen molar-refractivity contribution >= 4 is 5.91 Å². The van der Waals surface area contributed by atoms with Crippen LogP contribution in [0.4, 0.5) is 0 Å². The Morgan fingerprint density at radius 1 is 1.00 bits per heavy atom. The highest BCUT2D eigenvalue weighted by molar-refractivity contribution is 5.94. The van der Waals surface area contributed by atoms with E-state index in [1.807, 2.05) is 47.7 Å². The predicted octanol–water partition coefficient (Wildman–Crippen LogP) is 3.19. The topological polar surface area (TPSA) is 41.4 Å². The first-order valence-electron chi connectivity index (χ1n) is 9.79. The van der Waals surface area contributed by atoms with Gasteiger partial charge in [0.2, 0.25) is 0 Å². The lowest BCUT2D eigenvalue weighted by Gasteiger charge is -2.36. The van der Waals surface area contributed by atoms with Crippen LogP contribution in [0.15, 0.2) is 30.3 Å². The summed E-state index contributed by atoms with van der Waals surface area (Å²) >= 11 is 0. The van der Waals surface area contributed by atoms with E-state index >= 15 is 0 Å². The van der Waals surface area contributed by atoms with Crippen LogP contribution in [0.1, 0.15) is 47.4 Å². The van der Waals surface area contributed by atoms with Gasteiger partial charge in [-0.1, -0.05) is 6.42 Å². The zero-order chi connectivity index (χ0) is 18.1. The van der Waals surface area contributed by atoms with E-state index < -0.39 is 0 Å². The fraction of sp³-hybridized carbons (Fsp3) is 0.524. The van der Waals surface area contributed by atoms with Crippen molar-refractivity contribution in [1.82, 2.24) is 19.6 Å². The monoisotopic (exact) mass is 352 g/mol. The number of carbonyl (C=O) groups excluding carboxylic acids is 1. The molecule has 1 aromatic heterocycles. The molecule has 1 saturated heterocycles. The quantitative estimate of drug-likeness (QED) is 0.852. The smallest absolute Gasteiger partial charge is 0.253 e. The van der Waals surface area contributed by atoms with Crippen molar-refractivity contribution in [2.45, 2.75) is 45.6 Å². The lowest BCUT2D eigenvalue weighted by atomic mass is 9.91. The van der Waals surface area contributed by atoms with Crippen LogP contribution < -0.4 is 0 Å². The molecular formula is C21H28N4O. The Labute approximate surface area is 155 Å². The summed E-state index contributed by atoms with van der Waals surface area (Å²) in [6.45, 7) is 7.89. The fourth-order valence-electron chi connectivity index (χ4n) is 4.08. The van der Waals surface area contributed by atoms with Crippen molar-refractivity contribution in [3.8, 4) is 5.69 Å². The minimum Gasteiger partial charge on any atom is -0.337 e. The first kappa shape index (κ1) is 17.3. The van der Waals surface area contributed by atoms with E-state index in [9.17, 15) is 4.79 Å². The van der Waals surface area contributed by atoms with Crippen LogP contribution in [-0.4, -0.2) is 57.7 Å². The van der Waals surface area contributed by atoms with Crippen LogP contribution in [0.3, 0.4) is 0 Å². The van der Waals surface area contributed by atoms with Gasteiger partial charge < -0.3 is 4.90 Å². The summed E-state index contributed by atoms with van der Waals surface area (Å²) in [5.74, 6) is 0.153. The second-order valence-electron chi connectivity index (χ2n) is 7.65. The van der Waals surface area contributed by atoms with Crippen LogP contribution in [0.25, 0.3) is 5.69 Å². The van der Waals surface area contributed by atoms with Crippen molar-refractivity contribution < 1.29 is 4.79 Å². The lowest BCUT2D eigenvalue weighted by molar-refractivity contribution is 0.0749. The second kappa shape index (κ2) is 7.23. The predicted molar refractivity (Wildman–Crippen MR) is 103 cm³/mol. The summed E-state index contributed by atoms with van der Waals surface area (Å²) in [5, 5.41) is 4.51. The van der Waals surface area contributed by atoms with Crippen molar-refractivity contribution in [2.24, 2.45) is 0 Å². The van der Waals surface area contributed by atoms with Crippen molar-refractivity contribution in [2.75, 3.05) is 26.2 Å². The molecule has 1 amide bonds. The Morgan fingerprint density at radius 2 is 1.77 bits per heavy atom. The molecule has 2 fully saturated rings. The molecule has 0 N–H and O–H groups in total. The maximum Gasteiger partial charge on any atom is 0.253 e. The summed E-state index contributed by atoms with van der Waals surface area (Å²) in [5.41, 5.74) is 3.87. The van der Waals surface area contributed by atoms with Gasteiger partial charge in [0, 0.05) is 43.5 Å². The Balaban J connectivity index is 1.43. The fourth-order valence-corrected chi connectivity index (χ4v) is 4.08. The Kier molecular flexibility index (Phi) is 4.81. The third-order valence-corrected chi connectivity index (χ3v) is 5.78. The molecule has 0 atom stereocenters. The van der Waals surface area contributed by atoms with Gasteiger partial charge >= 0.3 is 0 Å². The maximum atomic E-state index is 12.9. The Morgan fingerprint density at radius 3 is 2.38 bits per heavy atom. The SMILES string of the molecule is Cc1cc(C)n(-c2ccc(C(=O)N3CCCN(C4CCC4)CC3)cc2)n1. The second-order valence-corrected chi connectivity index (χ2v) is 7.65. The van der Waals surface area contributed by atoms with Crippen LogP contribution in [-0.2, 0) is 0 Å². The zero-order valence-corrected chi connectivity index (χ0v) is 15.8. The van der Waals surface area contributed by atoms with Gasteiger partial charge in [-0.2, -0.15) is 5.10 Å². The van der Waals surface area contributed by atoms with Gasteiger partial charge in [-0.25, -0.2) is 4.68 Å². The maximum absolute atomic E-state index is 12.9. The molecule has 1 aliphatic heterocycles. The molecular weight excluding hydrogens is 324 g/mol. The molecule has 1 aromatic carbocycles. The molecule has 1 aliphatic carbocycles. The third-order valence-electron chi connectivity index (χ3n) is 5.78. The van der Waals surface area contributed by atoms with E-state index in [0.717, 1.165) is 61.3 Å². The van der Waals surface area contributed by atoms with E-state index in [4.69, 9.17) is 0 Å². The molecule has 138 valence electrons. The average molecular weight is 352 g/mol. The van der Waals surface area contributed by atoms with Gasteiger partial charge in [-0.15, -0.1) is 0 Å². The van der Waals surface area contributed by atoms with Gasteiger partial charge in [0.1, 0.15) is 0 Å². The number of amides is 1. The molecule has 5 nitrogen and oxygen atoms in total. The van der Waals surface area contributed by atoms with Crippen LogP contribution in [0, 0.1) is 13.8 Å². The summed E-state index contributed by atoms with van der Waals surface area (Å²) in [7, 11) is 0. The molecule has 0 radical (unpaired) electrons. The number of rotatable bonds is 3. The number of benzene rings is 1. The first-order valence-corrected chi connectivity index (χ1v) is 9.79. The van der Waals surface area contributed by atoms with Crippen LogP contribution in [0.2, 0.25) is 0 Å². The highest BCUT2D eigenvalue weighted by atomic mass is 16.2. The Bertz CT molecular complexity index is 776. The molecule has 5 heteroatoms. The summed E-state index contributed by atoms with van der Waals surface area (Å²) in [6.07, 6.45) is 5.11. The highest BCUT2D eigenvalue weighted by Gasteiger charge is 2.28. The number of aromatic nitrogens is 2. The number of hydrogen-bond donors (Lipinski definition) is 0. The highest BCUT2D eigenvalue weighted by Crippen LogP contribution is 2.25. The molecule has 2 aliphatic rings.